The van der Waals surface area contributed by atoms with Crippen molar-refractivity contribution in [2.75, 3.05) is 45.1 Å². The predicted molar refractivity (Wildman–Crippen MR) is 113 cm³/mol. The second-order valence-electron chi connectivity index (χ2n) is 7.49. The predicted octanol–water partition coefficient (Wildman–Crippen LogP) is 2.73. The van der Waals surface area contributed by atoms with Gasteiger partial charge in [-0.3, -0.25) is 9.69 Å². The Kier molecular flexibility index (Phi) is 5.76. The third-order valence-electron chi connectivity index (χ3n) is 5.65. The number of nitrogens with zero attached hydrogens (tertiary/aromatic N) is 4. The highest BCUT2D eigenvalue weighted by atomic mass is 16.2. The second-order valence-corrected chi connectivity index (χ2v) is 7.49. The Balaban J connectivity index is 1.36. The molecule has 0 saturated carbocycles. The summed E-state index contributed by atoms with van der Waals surface area (Å²) in [6.45, 7) is 5.15. The van der Waals surface area contributed by atoms with E-state index in [9.17, 15) is 4.79 Å². The highest BCUT2D eigenvalue weighted by molar-refractivity contribution is 5.97. The van der Waals surface area contributed by atoms with Crippen LogP contribution in [0.5, 0.6) is 0 Å². The zero-order valence-corrected chi connectivity index (χ0v) is 16.6. The van der Waals surface area contributed by atoms with E-state index in [0.29, 0.717) is 0 Å². The van der Waals surface area contributed by atoms with Crippen molar-refractivity contribution >= 4 is 17.8 Å². The molecule has 0 atom stereocenters. The first-order valence-electron chi connectivity index (χ1n) is 10.3. The standard InChI is InChI=1S/C22H29N5O/c1-23-21-20(27-13-6-5-11-19(27)24-21)22(28)26-16-14-25(15-17-26)12-7-10-18-8-3-2-4-9-18/h2-4,7-10,23H,5-6,11-17H2,1H3. The van der Waals surface area contributed by atoms with Crippen molar-refractivity contribution in [2.24, 2.45) is 0 Å². The molecule has 2 aliphatic heterocycles. The monoisotopic (exact) mass is 379 g/mol. The SMILES string of the molecule is CNc1nc2n(c1C(=O)N1CCN(CC=Cc3ccccc3)CC1)CCCC2. The summed E-state index contributed by atoms with van der Waals surface area (Å²) < 4.78 is 2.13. The maximum atomic E-state index is 13.2. The van der Waals surface area contributed by atoms with Gasteiger partial charge in [0.05, 0.1) is 0 Å². The van der Waals surface area contributed by atoms with E-state index in [-0.39, 0.29) is 5.91 Å². The van der Waals surface area contributed by atoms with Crippen molar-refractivity contribution in [2.45, 2.75) is 25.8 Å². The number of imidazole rings is 1. The first-order valence-corrected chi connectivity index (χ1v) is 10.3. The maximum absolute atomic E-state index is 13.2. The summed E-state index contributed by atoms with van der Waals surface area (Å²) >= 11 is 0. The number of amides is 1. The molecule has 3 heterocycles. The van der Waals surface area contributed by atoms with Gasteiger partial charge in [0.15, 0.2) is 11.5 Å². The highest BCUT2D eigenvalue weighted by Gasteiger charge is 2.29. The molecule has 0 aliphatic carbocycles. The smallest absolute Gasteiger partial charge is 0.274 e. The third kappa shape index (κ3) is 3.97. The minimum absolute atomic E-state index is 0.115. The third-order valence-corrected chi connectivity index (χ3v) is 5.65. The van der Waals surface area contributed by atoms with Crippen LogP contribution in [0, 0.1) is 0 Å². The molecule has 6 heteroatoms. The Bertz CT molecular complexity index is 834. The number of hydrogen-bond donors (Lipinski definition) is 1. The highest BCUT2D eigenvalue weighted by Crippen LogP contribution is 2.24. The van der Waals surface area contributed by atoms with Gasteiger partial charge in [0.25, 0.3) is 5.91 Å². The van der Waals surface area contributed by atoms with Crippen LogP contribution in [-0.4, -0.2) is 65.0 Å². The molecule has 148 valence electrons. The van der Waals surface area contributed by atoms with Crippen molar-refractivity contribution in [1.29, 1.82) is 0 Å². The number of benzene rings is 1. The fraction of sp³-hybridized carbons (Fsp3) is 0.455. The number of hydrogen-bond acceptors (Lipinski definition) is 4. The van der Waals surface area contributed by atoms with Crippen LogP contribution in [0.4, 0.5) is 5.82 Å². The molecule has 0 radical (unpaired) electrons. The number of aromatic nitrogens is 2. The van der Waals surface area contributed by atoms with Gasteiger partial charge in [0, 0.05) is 52.7 Å². The zero-order valence-electron chi connectivity index (χ0n) is 16.6. The first-order chi connectivity index (χ1) is 13.8. The van der Waals surface area contributed by atoms with Gasteiger partial charge in [-0.05, 0) is 18.4 Å². The van der Waals surface area contributed by atoms with Gasteiger partial charge < -0.3 is 14.8 Å². The molecule has 4 rings (SSSR count). The lowest BCUT2D eigenvalue weighted by molar-refractivity contribution is 0.0639. The van der Waals surface area contributed by atoms with Crippen LogP contribution in [0.15, 0.2) is 36.4 Å². The first kappa shape index (κ1) is 18.7. The molecule has 1 N–H and O–H groups in total. The molecule has 6 nitrogen and oxygen atoms in total. The van der Waals surface area contributed by atoms with Crippen LogP contribution >= 0.6 is 0 Å². The van der Waals surface area contributed by atoms with E-state index in [0.717, 1.165) is 75.9 Å². The molecule has 28 heavy (non-hydrogen) atoms. The Morgan fingerprint density at radius 1 is 1.11 bits per heavy atom. The number of fused-ring (bicyclic) bond motifs is 1. The van der Waals surface area contributed by atoms with Crippen LogP contribution in [0.1, 0.15) is 34.7 Å². The topological polar surface area (TPSA) is 53.4 Å². The molecule has 1 aromatic carbocycles. The number of carbonyl (C=O) groups excluding carboxylic acids is 1. The summed E-state index contributed by atoms with van der Waals surface area (Å²) in [6, 6.07) is 10.4. The number of aryl methyl sites for hydroxylation is 1. The molecule has 0 spiro atoms. The lowest BCUT2D eigenvalue weighted by Crippen LogP contribution is -2.49. The van der Waals surface area contributed by atoms with E-state index in [1.165, 1.54) is 5.56 Å². The van der Waals surface area contributed by atoms with Crippen LogP contribution in [0.25, 0.3) is 6.08 Å². The Labute approximate surface area is 166 Å². The number of anilines is 1. The Morgan fingerprint density at radius 3 is 2.64 bits per heavy atom. The van der Waals surface area contributed by atoms with Crippen molar-refractivity contribution in [3.05, 3.63) is 53.5 Å². The van der Waals surface area contributed by atoms with Crippen molar-refractivity contribution in [3.63, 3.8) is 0 Å². The van der Waals surface area contributed by atoms with Crippen LogP contribution in [-0.2, 0) is 13.0 Å². The summed E-state index contributed by atoms with van der Waals surface area (Å²) in [4.78, 5) is 22.2. The lowest BCUT2D eigenvalue weighted by atomic mass is 10.1. The molecule has 2 aromatic rings. The second kappa shape index (κ2) is 8.61. The van der Waals surface area contributed by atoms with E-state index in [1.807, 2.05) is 18.0 Å². The molecule has 0 unspecified atom stereocenters. The number of nitrogens with one attached hydrogen (secondary N) is 1. The summed E-state index contributed by atoms with van der Waals surface area (Å²) in [5.74, 6) is 1.89. The van der Waals surface area contributed by atoms with Gasteiger partial charge in [0.1, 0.15) is 5.82 Å². The van der Waals surface area contributed by atoms with Gasteiger partial charge in [-0.25, -0.2) is 4.98 Å². The summed E-state index contributed by atoms with van der Waals surface area (Å²) in [7, 11) is 1.85. The minimum Gasteiger partial charge on any atom is -0.371 e. The zero-order chi connectivity index (χ0) is 19.3. The van der Waals surface area contributed by atoms with Crippen LogP contribution < -0.4 is 5.32 Å². The van der Waals surface area contributed by atoms with Gasteiger partial charge in [-0.1, -0.05) is 42.5 Å². The average Bonchev–Trinajstić information content (AvgIpc) is 3.13. The van der Waals surface area contributed by atoms with E-state index in [2.05, 4.69) is 56.2 Å². The van der Waals surface area contributed by atoms with Gasteiger partial charge >= 0.3 is 0 Å². The average molecular weight is 380 g/mol. The van der Waals surface area contributed by atoms with E-state index in [4.69, 9.17) is 0 Å². The molecule has 2 aliphatic rings. The van der Waals surface area contributed by atoms with Crippen molar-refractivity contribution in [3.8, 4) is 0 Å². The van der Waals surface area contributed by atoms with Crippen molar-refractivity contribution < 1.29 is 4.79 Å². The Hall–Kier alpha value is -2.60. The van der Waals surface area contributed by atoms with Crippen LogP contribution in [0.3, 0.4) is 0 Å². The molecular weight excluding hydrogens is 350 g/mol. The fourth-order valence-corrected chi connectivity index (χ4v) is 4.06. The quantitative estimate of drug-likeness (QED) is 0.868. The van der Waals surface area contributed by atoms with Gasteiger partial charge in [-0.2, -0.15) is 0 Å². The minimum atomic E-state index is 0.115. The summed E-state index contributed by atoms with van der Waals surface area (Å²) in [5.41, 5.74) is 1.97. The van der Waals surface area contributed by atoms with E-state index >= 15 is 0 Å². The van der Waals surface area contributed by atoms with E-state index in [1.54, 1.807) is 0 Å². The number of carbonyl (C=O) groups is 1. The fourth-order valence-electron chi connectivity index (χ4n) is 4.06. The van der Waals surface area contributed by atoms with E-state index < -0.39 is 0 Å². The Morgan fingerprint density at radius 2 is 1.89 bits per heavy atom. The molecule has 1 saturated heterocycles. The lowest BCUT2D eigenvalue weighted by Gasteiger charge is -2.34. The molecule has 0 bridgehead atoms. The number of rotatable bonds is 5. The number of piperazine rings is 1. The maximum Gasteiger partial charge on any atom is 0.274 e. The largest absolute Gasteiger partial charge is 0.371 e. The normalized spacial score (nSPS) is 17.7. The summed E-state index contributed by atoms with van der Waals surface area (Å²) in [6.07, 6.45) is 7.61. The molecule has 1 fully saturated rings. The summed E-state index contributed by atoms with van der Waals surface area (Å²) in [5, 5.41) is 3.13. The van der Waals surface area contributed by atoms with Gasteiger partial charge in [-0.15, -0.1) is 0 Å². The van der Waals surface area contributed by atoms with Gasteiger partial charge in [0.2, 0.25) is 0 Å². The van der Waals surface area contributed by atoms with Crippen molar-refractivity contribution in [1.82, 2.24) is 19.4 Å². The molecule has 1 amide bonds. The molecule has 1 aromatic heterocycles. The molecular formula is C22H29N5O. The van der Waals surface area contributed by atoms with Crippen LogP contribution in [0.2, 0.25) is 0 Å².